The smallest absolute Gasteiger partial charge is 0.270 e. The zero-order valence-electron chi connectivity index (χ0n) is 15.1. The number of hydrogen-bond acceptors (Lipinski definition) is 2. The molecule has 6 heteroatoms. The summed E-state index contributed by atoms with van der Waals surface area (Å²) in [5.41, 5.74) is 3.19. The van der Waals surface area contributed by atoms with E-state index in [4.69, 9.17) is 0 Å². The monoisotopic (exact) mass is 357 g/mol. The van der Waals surface area contributed by atoms with Gasteiger partial charge >= 0.3 is 0 Å². The molecule has 0 bridgehead atoms. The lowest BCUT2D eigenvalue weighted by molar-refractivity contribution is -0.126. The highest BCUT2D eigenvalue weighted by molar-refractivity contribution is 5.94. The van der Waals surface area contributed by atoms with Crippen LogP contribution in [-0.2, 0) is 11.3 Å². The number of amides is 2. The van der Waals surface area contributed by atoms with Gasteiger partial charge in [-0.15, -0.1) is 0 Å². The summed E-state index contributed by atoms with van der Waals surface area (Å²) in [6.07, 6.45) is 1.55. The van der Waals surface area contributed by atoms with E-state index in [1.807, 2.05) is 19.9 Å². The topological polar surface area (TPSA) is 65.2 Å². The van der Waals surface area contributed by atoms with Gasteiger partial charge in [0, 0.05) is 25.3 Å². The Hall–Kier alpha value is -2.63. The van der Waals surface area contributed by atoms with Crippen molar-refractivity contribution in [1.29, 1.82) is 0 Å². The number of rotatable bonds is 4. The number of H-pyrrole nitrogens is 1. The van der Waals surface area contributed by atoms with E-state index in [1.165, 1.54) is 12.1 Å². The molecule has 1 aromatic heterocycles. The van der Waals surface area contributed by atoms with E-state index >= 15 is 0 Å². The van der Waals surface area contributed by atoms with Crippen LogP contribution in [-0.4, -0.2) is 34.8 Å². The predicted octanol–water partition coefficient (Wildman–Crippen LogP) is 2.94. The lowest BCUT2D eigenvalue weighted by Gasteiger charge is -2.32. The van der Waals surface area contributed by atoms with Gasteiger partial charge < -0.3 is 15.2 Å². The molecule has 2 aromatic rings. The summed E-state index contributed by atoms with van der Waals surface area (Å²) in [6.45, 7) is 5.18. The Morgan fingerprint density at radius 2 is 2.12 bits per heavy atom. The first-order valence-electron chi connectivity index (χ1n) is 8.91. The molecular weight excluding hydrogens is 333 g/mol. The summed E-state index contributed by atoms with van der Waals surface area (Å²) >= 11 is 0. The lowest BCUT2D eigenvalue weighted by Crippen LogP contribution is -2.45. The number of benzene rings is 1. The van der Waals surface area contributed by atoms with Crippen molar-refractivity contribution in [3.63, 3.8) is 0 Å². The van der Waals surface area contributed by atoms with Crippen molar-refractivity contribution < 1.29 is 14.0 Å². The zero-order chi connectivity index (χ0) is 18.7. The fourth-order valence-electron chi connectivity index (χ4n) is 3.47. The third-order valence-electron chi connectivity index (χ3n) is 4.80. The second-order valence-electron chi connectivity index (χ2n) is 6.95. The standard InChI is InChI=1S/C20H24FN3O2/c1-13-9-14(2)23-18(13)20(26)24-8-4-6-16(12-24)19(25)22-11-15-5-3-7-17(21)10-15/h3,5,7,9-10,16,23H,4,6,8,11-12H2,1-2H3,(H,22,25). The Bertz CT molecular complexity index is 815. The van der Waals surface area contributed by atoms with Crippen molar-refractivity contribution in [3.05, 3.63) is 58.7 Å². The Balaban J connectivity index is 1.60. The van der Waals surface area contributed by atoms with Crippen molar-refractivity contribution in [1.82, 2.24) is 15.2 Å². The highest BCUT2D eigenvalue weighted by atomic mass is 19.1. The van der Waals surface area contributed by atoms with Gasteiger partial charge in [-0.05, 0) is 56.0 Å². The van der Waals surface area contributed by atoms with Crippen molar-refractivity contribution >= 4 is 11.8 Å². The molecule has 138 valence electrons. The van der Waals surface area contributed by atoms with Gasteiger partial charge in [-0.1, -0.05) is 12.1 Å². The number of nitrogens with zero attached hydrogens (tertiary/aromatic N) is 1. The molecular formula is C20H24FN3O2. The molecule has 0 aliphatic carbocycles. The van der Waals surface area contributed by atoms with Crippen LogP contribution in [0, 0.1) is 25.6 Å². The minimum absolute atomic E-state index is 0.0572. The average molecular weight is 357 g/mol. The number of carbonyl (C=O) groups excluding carboxylic acids is 2. The van der Waals surface area contributed by atoms with Crippen molar-refractivity contribution in [2.24, 2.45) is 5.92 Å². The Kier molecular flexibility index (Phi) is 5.40. The summed E-state index contributed by atoms with van der Waals surface area (Å²) in [4.78, 5) is 30.1. The van der Waals surface area contributed by atoms with Crippen molar-refractivity contribution in [3.8, 4) is 0 Å². The normalized spacial score (nSPS) is 17.2. The maximum Gasteiger partial charge on any atom is 0.270 e. The van der Waals surface area contributed by atoms with Crippen LogP contribution in [0.25, 0.3) is 0 Å². The number of piperidine rings is 1. The molecule has 3 rings (SSSR count). The highest BCUT2D eigenvalue weighted by Crippen LogP contribution is 2.20. The quantitative estimate of drug-likeness (QED) is 0.884. The molecule has 1 atom stereocenters. The first kappa shape index (κ1) is 18.2. The molecule has 1 aromatic carbocycles. The number of hydrogen-bond donors (Lipinski definition) is 2. The fraction of sp³-hybridized carbons (Fsp3) is 0.400. The van der Waals surface area contributed by atoms with E-state index in [-0.39, 0.29) is 30.1 Å². The number of likely N-dealkylation sites (tertiary alicyclic amines) is 1. The van der Waals surface area contributed by atoms with E-state index in [0.717, 1.165) is 29.7 Å². The van der Waals surface area contributed by atoms with E-state index in [2.05, 4.69) is 10.3 Å². The number of aryl methyl sites for hydroxylation is 2. The van der Waals surface area contributed by atoms with Crippen molar-refractivity contribution in [2.45, 2.75) is 33.2 Å². The summed E-state index contributed by atoms with van der Waals surface area (Å²) in [6, 6.07) is 8.13. The van der Waals surface area contributed by atoms with Crippen LogP contribution in [0.1, 0.15) is 40.2 Å². The van der Waals surface area contributed by atoms with Gasteiger partial charge in [0.25, 0.3) is 5.91 Å². The van der Waals surface area contributed by atoms with Gasteiger partial charge in [-0.2, -0.15) is 0 Å². The molecule has 2 N–H and O–H groups in total. The van der Waals surface area contributed by atoms with Crippen LogP contribution < -0.4 is 5.32 Å². The van der Waals surface area contributed by atoms with Gasteiger partial charge in [0.1, 0.15) is 11.5 Å². The maximum atomic E-state index is 13.2. The van der Waals surface area contributed by atoms with Crippen LogP contribution in [0.3, 0.4) is 0 Å². The number of carbonyl (C=O) groups is 2. The largest absolute Gasteiger partial charge is 0.354 e. The number of aromatic nitrogens is 1. The summed E-state index contributed by atoms with van der Waals surface area (Å²) in [7, 11) is 0. The first-order chi connectivity index (χ1) is 12.4. The zero-order valence-corrected chi connectivity index (χ0v) is 15.1. The average Bonchev–Trinajstić information content (AvgIpc) is 2.97. The molecule has 26 heavy (non-hydrogen) atoms. The molecule has 0 radical (unpaired) electrons. The van der Waals surface area contributed by atoms with Crippen LogP contribution in [0.15, 0.2) is 30.3 Å². The molecule has 1 saturated heterocycles. The van der Waals surface area contributed by atoms with Gasteiger partial charge in [-0.3, -0.25) is 9.59 Å². The maximum absolute atomic E-state index is 13.2. The van der Waals surface area contributed by atoms with Gasteiger partial charge in [0.2, 0.25) is 5.91 Å². The Morgan fingerprint density at radius 3 is 2.81 bits per heavy atom. The van der Waals surface area contributed by atoms with E-state index in [0.29, 0.717) is 18.8 Å². The third kappa shape index (κ3) is 4.12. The minimum atomic E-state index is -0.317. The molecule has 1 fully saturated rings. The molecule has 1 unspecified atom stereocenters. The van der Waals surface area contributed by atoms with E-state index in [1.54, 1.807) is 17.0 Å². The van der Waals surface area contributed by atoms with Crippen LogP contribution in [0.5, 0.6) is 0 Å². The van der Waals surface area contributed by atoms with Crippen molar-refractivity contribution in [2.75, 3.05) is 13.1 Å². The molecule has 0 saturated carbocycles. The van der Waals surface area contributed by atoms with Gasteiger partial charge in [-0.25, -0.2) is 4.39 Å². The molecule has 1 aliphatic heterocycles. The number of halogens is 1. The highest BCUT2D eigenvalue weighted by Gasteiger charge is 2.29. The molecule has 0 spiro atoms. The fourth-order valence-corrected chi connectivity index (χ4v) is 3.47. The van der Waals surface area contributed by atoms with E-state index < -0.39 is 0 Å². The molecule has 5 nitrogen and oxygen atoms in total. The second-order valence-corrected chi connectivity index (χ2v) is 6.95. The Morgan fingerprint density at radius 1 is 1.31 bits per heavy atom. The summed E-state index contributed by atoms with van der Waals surface area (Å²) in [5.74, 6) is -0.704. The number of aromatic amines is 1. The predicted molar refractivity (Wildman–Crippen MR) is 97.1 cm³/mol. The first-order valence-corrected chi connectivity index (χ1v) is 8.91. The minimum Gasteiger partial charge on any atom is -0.354 e. The van der Waals surface area contributed by atoms with Crippen LogP contribution in [0.4, 0.5) is 4.39 Å². The summed E-state index contributed by atoms with van der Waals surface area (Å²) < 4.78 is 13.2. The Labute approximate surface area is 152 Å². The van der Waals surface area contributed by atoms with Crippen LogP contribution >= 0.6 is 0 Å². The molecule has 2 heterocycles. The lowest BCUT2D eigenvalue weighted by atomic mass is 9.96. The SMILES string of the molecule is Cc1cc(C)c(C(=O)N2CCCC(C(=O)NCc3cccc(F)c3)C2)[nH]1. The molecule has 1 aliphatic rings. The summed E-state index contributed by atoms with van der Waals surface area (Å²) in [5, 5.41) is 2.86. The second kappa shape index (κ2) is 7.72. The third-order valence-corrected chi connectivity index (χ3v) is 4.80. The molecule has 2 amide bonds. The number of nitrogens with one attached hydrogen (secondary N) is 2. The van der Waals surface area contributed by atoms with Gasteiger partial charge in [0.15, 0.2) is 0 Å². The van der Waals surface area contributed by atoms with E-state index in [9.17, 15) is 14.0 Å². The van der Waals surface area contributed by atoms with Gasteiger partial charge in [0.05, 0.1) is 5.92 Å². The van der Waals surface area contributed by atoms with Crippen LogP contribution in [0.2, 0.25) is 0 Å².